The van der Waals surface area contributed by atoms with Gasteiger partial charge in [-0.05, 0) is 30.5 Å². The molecule has 1 aliphatic heterocycles. The Morgan fingerprint density at radius 2 is 1.29 bits per heavy atom. The van der Waals surface area contributed by atoms with Crippen molar-refractivity contribution in [1.82, 2.24) is 4.90 Å². The van der Waals surface area contributed by atoms with Crippen molar-refractivity contribution >= 4 is 29.5 Å². The molecule has 1 aliphatic rings. The van der Waals surface area contributed by atoms with Crippen molar-refractivity contribution in [2.45, 2.75) is 31.5 Å². The molecule has 1 heterocycles. The smallest absolute Gasteiger partial charge is 0.411 e. The molecular weight excluding hydrogens is 491 g/mol. The van der Waals surface area contributed by atoms with E-state index in [4.69, 9.17) is 4.74 Å². The van der Waals surface area contributed by atoms with Crippen LogP contribution in [0.3, 0.4) is 0 Å². The van der Waals surface area contributed by atoms with Crippen LogP contribution in [-0.4, -0.2) is 35.8 Å². The molecule has 0 spiro atoms. The van der Waals surface area contributed by atoms with Gasteiger partial charge in [-0.25, -0.2) is 4.79 Å². The zero-order chi connectivity index (χ0) is 26.2. The molecule has 0 bridgehead atoms. The van der Waals surface area contributed by atoms with Crippen molar-refractivity contribution in [3.05, 3.63) is 127 Å². The van der Waals surface area contributed by atoms with Crippen molar-refractivity contribution in [3.8, 4) is 0 Å². The highest BCUT2D eigenvalue weighted by Crippen LogP contribution is 2.46. The maximum atomic E-state index is 14.8. The molecule has 0 radical (unpaired) electrons. The lowest BCUT2D eigenvalue weighted by molar-refractivity contribution is 0.0247. The Balaban J connectivity index is 1.37. The summed E-state index contributed by atoms with van der Waals surface area (Å²) in [6.07, 6.45) is 1.36. The molecule has 4 aromatic rings. The second kappa shape index (κ2) is 12.3. The number of ether oxygens (including phenoxy) is 1. The van der Waals surface area contributed by atoms with Gasteiger partial charge in [0, 0.05) is 41.6 Å². The lowest BCUT2D eigenvalue weighted by atomic mass is 10.00. The molecule has 5 nitrogen and oxygen atoms in total. The number of para-hydroxylation sites is 1. The van der Waals surface area contributed by atoms with E-state index in [0.29, 0.717) is 24.9 Å². The minimum absolute atomic E-state index is 0.0819. The summed E-state index contributed by atoms with van der Waals surface area (Å²) in [7, 11) is -2.89. The number of nitrogens with one attached hydrogen (secondary N) is 1. The van der Waals surface area contributed by atoms with E-state index < -0.39 is 13.2 Å². The Morgan fingerprint density at radius 1 is 0.763 bits per heavy atom. The second-order valence-corrected chi connectivity index (χ2v) is 12.6. The highest BCUT2D eigenvalue weighted by molar-refractivity contribution is 7.78. The van der Waals surface area contributed by atoms with E-state index in [1.54, 1.807) is 0 Å². The quantitative estimate of drug-likeness (QED) is 0.276. The number of anilines is 1. The summed E-state index contributed by atoms with van der Waals surface area (Å²) in [5.41, 5.74) is 1.89. The van der Waals surface area contributed by atoms with Crippen LogP contribution in [-0.2, 0) is 15.8 Å². The van der Waals surface area contributed by atoms with Gasteiger partial charge in [-0.3, -0.25) is 10.2 Å². The van der Waals surface area contributed by atoms with Gasteiger partial charge < -0.3 is 9.30 Å². The summed E-state index contributed by atoms with van der Waals surface area (Å²) in [5, 5.41) is 4.58. The zero-order valence-corrected chi connectivity index (χ0v) is 22.3. The molecule has 1 fully saturated rings. The first-order valence-corrected chi connectivity index (χ1v) is 15.0. The topological polar surface area (TPSA) is 58.6 Å². The molecule has 1 amide bonds. The predicted octanol–water partition coefficient (Wildman–Crippen LogP) is 6.28. The maximum absolute atomic E-state index is 14.8. The number of hydrogen-bond donors (Lipinski definition) is 1. The van der Waals surface area contributed by atoms with Gasteiger partial charge in [-0.1, -0.05) is 109 Å². The predicted molar refractivity (Wildman–Crippen MR) is 155 cm³/mol. The molecule has 194 valence electrons. The summed E-state index contributed by atoms with van der Waals surface area (Å²) in [6.45, 7) is 1.29. The number of carbonyl (C=O) groups excluding carboxylic acids is 1. The first-order valence-electron chi connectivity index (χ1n) is 13.1. The second-order valence-electron chi connectivity index (χ2n) is 9.76. The number of likely N-dealkylation sites (tertiary alicyclic amines) is 1. The molecule has 5 rings (SSSR count). The number of benzene rings is 4. The number of hydrogen-bond acceptors (Lipinski definition) is 4. The Bertz CT molecular complexity index is 1310. The minimum atomic E-state index is -2.89. The van der Waals surface area contributed by atoms with Crippen molar-refractivity contribution in [1.29, 1.82) is 0 Å². The standard InChI is InChI=1S/C32H33N2O3P/c35-32(33-27-15-7-2-8-16-27)37-29-22-21-28(34(24-29)23-26-13-5-1-6-14-26)25-38(36,30-17-9-3-10-18-30)31-19-11-4-12-20-31/h1-20,28-29H,21-25H2,(H,33,35)/t28-,29+/m0/s1. The number of rotatable bonds is 8. The van der Waals surface area contributed by atoms with Crippen LogP contribution in [0.15, 0.2) is 121 Å². The summed E-state index contributed by atoms with van der Waals surface area (Å²) in [4.78, 5) is 15.0. The van der Waals surface area contributed by atoms with Crippen molar-refractivity contribution in [2.75, 3.05) is 18.0 Å². The third-order valence-corrected chi connectivity index (χ3v) is 10.3. The molecule has 2 atom stereocenters. The number of carbonyl (C=O) groups is 1. The van der Waals surface area contributed by atoms with Crippen molar-refractivity contribution in [2.24, 2.45) is 0 Å². The van der Waals surface area contributed by atoms with Gasteiger partial charge in [0.25, 0.3) is 0 Å². The monoisotopic (exact) mass is 524 g/mol. The molecule has 1 saturated heterocycles. The van der Waals surface area contributed by atoms with Crippen LogP contribution in [0.5, 0.6) is 0 Å². The fourth-order valence-electron chi connectivity index (χ4n) is 5.19. The average molecular weight is 525 g/mol. The van der Waals surface area contributed by atoms with Gasteiger partial charge in [-0.2, -0.15) is 0 Å². The van der Waals surface area contributed by atoms with E-state index in [1.165, 1.54) is 5.56 Å². The molecule has 1 N–H and O–H groups in total. The SMILES string of the molecule is O=C(Nc1ccccc1)O[C@@H]1CC[C@@H](CP(=O)(c2ccccc2)c2ccccc2)N(Cc2ccccc2)C1. The van der Waals surface area contributed by atoms with Crippen LogP contribution in [0, 0.1) is 0 Å². The first-order chi connectivity index (χ1) is 18.6. The van der Waals surface area contributed by atoms with Crippen LogP contribution in [0.25, 0.3) is 0 Å². The third kappa shape index (κ3) is 6.42. The normalized spacial score (nSPS) is 18.0. The van der Waals surface area contributed by atoms with Gasteiger partial charge in [-0.15, -0.1) is 0 Å². The molecule has 6 heteroatoms. The van der Waals surface area contributed by atoms with Crippen LogP contribution in [0.2, 0.25) is 0 Å². The first kappa shape index (κ1) is 26.0. The lowest BCUT2D eigenvalue weighted by Crippen LogP contribution is -2.49. The van der Waals surface area contributed by atoms with E-state index >= 15 is 0 Å². The van der Waals surface area contributed by atoms with E-state index in [1.807, 2.05) is 109 Å². The summed E-state index contributed by atoms with van der Waals surface area (Å²) < 4.78 is 20.7. The summed E-state index contributed by atoms with van der Waals surface area (Å²) in [5.74, 6) is 0. The fraction of sp³-hybridized carbons (Fsp3) is 0.219. The Morgan fingerprint density at radius 3 is 1.87 bits per heavy atom. The molecular formula is C32H33N2O3P. The van der Waals surface area contributed by atoms with Gasteiger partial charge in [0.2, 0.25) is 0 Å². The maximum Gasteiger partial charge on any atom is 0.411 e. The van der Waals surface area contributed by atoms with E-state index in [2.05, 4.69) is 22.3 Å². The van der Waals surface area contributed by atoms with Crippen LogP contribution in [0.4, 0.5) is 10.5 Å². The average Bonchev–Trinajstić information content (AvgIpc) is 2.96. The number of nitrogens with zero attached hydrogens (tertiary/aromatic N) is 1. The summed E-state index contributed by atoms with van der Waals surface area (Å²) in [6, 6.07) is 39.4. The highest BCUT2D eigenvalue weighted by atomic mass is 31.2. The fourth-order valence-corrected chi connectivity index (χ4v) is 8.23. The van der Waals surface area contributed by atoms with Gasteiger partial charge in [0.15, 0.2) is 0 Å². The van der Waals surface area contributed by atoms with Crippen LogP contribution < -0.4 is 15.9 Å². The highest BCUT2D eigenvalue weighted by Gasteiger charge is 2.37. The molecule has 0 aliphatic carbocycles. The Kier molecular flexibility index (Phi) is 8.37. The Labute approximate surface area is 224 Å². The van der Waals surface area contributed by atoms with E-state index in [0.717, 1.165) is 23.5 Å². The molecule has 0 unspecified atom stereocenters. The van der Waals surface area contributed by atoms with Crippen molar-refractivity contribution in [3.63, 3.8) is 0 Å². The zero-order valence-electron chi connectivity index (χ0n) is 21.4. The number of amides is 1. The van der Waals surface area contributed by atoms with Crippen LogP contribution >= 0.6 is 7.14 Å². The minimum Gasteiger partial charge on any atom is -0.445 e. The lowest BCUT2D eigenvalue weighted by Gasteiger charge is -2.40. The Hall–Kier alpha value is -3.66. The van der Waals surface area contributed by atoms with Crippen LogP contribution in [0.1, 0.15) is 18.4 Å². The van der Waals surface area contributed by atoms with Gasteiger partial charge in [0.1, 0.15) is 13.2 Å². The molecule has 4 aromatic carbocycles. The summed E-state index contributed by atoms with van der Waals surface area (Å²) >= 11 is 0. The third-order valence-electron chi connectivity index (χ3n) is 7.11. The van der Waals surface area contributed by atoms with Crippen molar-refractivity contribution < 1.29 is 14.1 Å². The van der Waals surface area contributed by atoms with Gasteiger partial charge in [0.05, 0.1) is 0 Å². The molecule has 0 saturated carbocycles. The largest absolute Gasteiger partial charge is 0.445 e. The molecule has 0 aromatic heterocycles. The molecule has 38 heavy (non-hydrogen) atoms. The number of piperidine rings is 1. The van der Waals surface area contributed by atoms with Gasteiger partial charge >= 0.3 is 6.09 Å². The van der Waals surface area contributed by atoms with E-state index in [-0.39, 0.29) is 12.1 Å². The van der Waals surface area contributed by atoms with E-state index in [9.17, 15) is 9.36 Å².